The molecule has 0 saturated carbocycles. The van der Waals surface area contributed by atoms with E-state index in [1.165, 1.54) is 18.2 Å². The average molecular weight is 548 g/mol. The number of anilines is 1. The lowest BCUT2D eigenvalue weighted by molar-refractivity contribution is -0.111. The first-order chi connectivity index (χ1) is 18.6. The van der Waals surface area contributed by atoms with Gasteiger partial charge in [0.25, 0.3) is 0 Å². The zero-order valence-corrected chi connectivity index (χ0v) is 22.7. The van der Waals surface area contributed by atoms with Crippen LogP contribution in [0.25, 0.3) is 17.3 Å². The Morgan fingerprint density at radius 1 is 1.00 bits per heavy atom. The molecule has 0 saturated heterocycles. The molecule has 3 aromatic carbocycles. The summed E-state index contributed by atoms with van der Waals surface area (Å²) in [7, 11) is -4.40. The van der Waals surface area contributed by atoms with Gasteiger partial charge < -0.3 is 15.1 Å². The van der Waals surface area contributed by atoms with Crippen molar-refractivity contribution in [1.82, 2.24) is 9.78 Å². The molecular formula is C30H31FN3O4P. The number of amides is 1. The Morgan fingerprint density at radius 2 is 1.64 bits per heavy atom. The zero-order chi connectivity index (χ0) is 28.0. The second kappa shape index (κ2) is 11.9. The molecule has 9 heteroatoms. The Morgan fingerprint density at radius 3 is 2.23 bits per heavy atom. The lowest BCUT2D eigenvalue weighted by Gasteiger charge is -2.33. The molecule has 1 heterocycles. The number of nitrogens with one attached hydrogen (secondary N) is 1. The lowest BCUT2D eigenvalue weighted by atomic mass is 9.92. The molecule has 202 valence electrons. The summed E-state index contributed by atoms with van der Waals surface area (Å²) < 4.78 is 27.5. The molecule has 1 aromatic heterocycles. The number of benzene rings is 3. The average Bonchev–Trinajstić information content (AvgIpc) is 3.32. The van der Waals surface area contributed by atoms with Gasteiger partial charge in [-0.25, -0.2) is 4.39 Å². The summed E-state index contributed by atoms with van der Waals surface area (Å²) in [5.41, 5.74) is 4.13. The molecule has 0 fully saturated rings. The Balaban J connectivity index is 1.54. The molecule has 0 aliphatic carbocycles. The molecule has 0 spiro atoms. The van der Waals surface area contributed by atoms with Crippen molar-refractivity contribution in [3.63, 3.8) is 0 Å². The van der Waals surface area contributed by atoms with Crippen LogP contribution in [0.1, 0.15) is 43.4 Å². The molecule has 0 aliphatic heterocycles. The second-order valence-electron chi connectivity index (χ2n) is 9.31. The molecule has 3 N–H and O–H groups in total. The van der Waals surface area contributed by atoms with Crippen molar-refractivity contribution in [2.75, 3.05) is 5.32 Å². The quantitative estimate of drug-likeness (QED) is 0.154. The summed E-state index contributed by atoms with van der Waals surface area (Å²) >= 11 is 0. The minimum absolute atomic E-state index is 0.288. The van der Waals surface area contributed by atoms with Gasteiger partial charge in [-0.15, -0.1) is 0 Å². The van der Waals surface area contributed by atoms with Gasteiger partial charge in [-0.05, 0) is 66.4 Å². The first-order valence-electron chi connectivity index (χ1n) is 12.7. The van der Waals surface area contributed by atoms with Crippen LogP contribution >= 0.6 is 7.60 Å². The van der Waals surface area contributed by atoms with Crippen LogP contribution in [-0.2, 0) is 21.1 Å². The highest BCUT2D eigenvalue weighted by molar-refractivity contribution is 7.53. The summed E-state index contributed by atoms with van der Waals surface area (Å²) in [6, 6.07) is 22.4. The Labute approximate surface area is 227 Å². The van der Waals surface area contributed by atoms with Crippen LogP contribution in [0.4, 0.5) is 10.1 Å². The van der Waals surface area contributed by atoms with Crippen molar-refractivity contribution in [1.29, 1.82) is 0 Å². The molecule has 0 unspecified atom stereocenters. The number of hydrogen-bond donors (Lipinski definition) is 3. The summed E-state index contributed by atoms with van der Waals surface area (Å²) in [6.45, 7) is 4.05. The first-order valence-corrected chi connectivity index (χ1v) is 14.3. The van der Waals surface area contributed by atoms with Crippen LogP contribution in [0, 0.1) is 5.82 Å². The van der Waals surface area contributed by atoms with Crippen molar-refractivity contribution in [3.8, 4) is 11.3 Å². The van der Waals surface area contributed by atoms with Gasteiger partial charge in [0.05, 0.1) is 17.4 Å². The topological polar surface area (TPSA) is 104 Å². The highest BCUT2D eigenvalue weighted by atomic mass is 31.2. The maximum atomic E-state index is 13.5. The maximum Gasteiger partial charge on any atom is 0.335 e. The van der Waals surface area contributed by atoms with Crippen LogP contribution < -0.4 is 5.32 Å². The van der Waals surface area contributed by atoms with Gasteiger partial charge in [0.1, 0.15) is 5.82 Å². The largest absolute Gasteiger partial charge is 0.335 e. The fraction of sp³-hybridized carbons (Fsp3) is 0.200. The first kappa shape index (κ1) is 28.2. The fourth-order valence-corrected chi connectivity index (χ4v) is 6.00. The molecule has 0 radical (unpaired) electrons. The summed E-state index contributed by atoms with van der Waals surface area (Å²) in [6.07, 6.45) is 5.46. The fourth-order valence-electron chi connectivity index (χ4n) is 4.69. The van der Waals surface area contributed by atoms with E-state index in [2.05, 4.69) is 10.4 Å². The molecule has 4 rings (SSSR count). The minimum atomic E-state index is -4.40. The van der Waals surface area contributed by atoms with Crippen LogP contribution in [0.15, 0.2) is 91.1 Å². The molecule has 39 heavy (non-hydrogen) atoms. The van der Waals surface area contributed by atoms with E-state index < -0.39 is 12.8 Å². The predicted octanol–water partition coefficient (Wildman–Crippen LogP) is 6.58. The van der Waals surface area contributed by atoms with Gasteiger partial charge in [-0.1, -0.05) is 56.3 Å². The van der Waals surface area contributed by atoms with Gasteiger partial charge in [0.2, 0.25) is 5.91 Å². The van der Waals surface area contributed by atoms with Gasteiger partial charge in [-0.3, -0.25) is 14.0 Å². The van der Waals surface area contributed by atoms with E-state index in [0.717, 1.165) is 11.1 Å². The van der Waals surface area contributed by atoms with E-state index in [-0.39, 0.29) is 24.6 Å². The number of hydrogen-bond acceptors (Lipinski definition) is 3. The number of halogens is 1. The van der Waals surface area contributed by atoms with Crippen molar-refractivity contribution < 1.29 is 23.5 Å². The zero-order valence-electron chi connectivity index (χ0n) is 21.8. The van der Waals surface area contributed by atoms with E-state index >= 15 is 0 Å². The smallest absolute Gasteiger partial charge is 0.324 e. The number of carbonyl (C=O) groups is 1. The third-order valence-corrected chi connectivity index (χ3v) is 8.93. The predicted molar refractivity (Wildman–Crippen MR) is 152 cm³/mol. The molecule has 7 nitrogen and oxygen atoms in total. The number of nitrogens with zero attached hydrogens (tertiary/aromatic N) is 2. The minimum Gasteiger partial charge on any atom is -0.324 e. The molecule has 4 aromatic rings. The summed E-state index contributed by atoms with van der Waals surface area (Å²) in [5, 5.41) is 6.21. The molecule has 0 bridgehead atoms. The van der Waals surface area contributed by atoms with Crippen molar-refractivity contribution in [2.24, 2.45) is 0 Å². The third-order valence-electron chi connectivity index (χ3n) is 6.93. The van der Waals surface area contributed by atoms with Gasteiger partial charge in [0.15, 0.2) is 0 Å². The van der Waals surface area contributed by atoms with Gasteiger partial charge >= 0.3 is 7.60 Å². The maximum absolute atomic E-state index is 13.5. The Hall–Kier alpha value is -3.84. The Bertz CT molecular complexity index is 1490. The van der Waals surface area contributed by atoms with Crippen LogP contribution in [-0.4, -0.2) is 25.5 Å². The van der Waals surface area contributed by atoms with Crippen LogP contribution in [0.3, 0.4) is 0 Å². The Kier molecular flexibility index (Phi) is 8.60. The SMILES string of the molecule is CCC(CC)(c1ccc(NC(=O)/C=C/c2cn(Cc3ccccc3)nc2-c2ccc(F)cc2)cc1)P(=O)(O)O. The van der Waals surface area contributed by atoms with Gasteiger partial charge in [0, 0.05) is 29.1 Å². The number of rotatable bonds is 10. The van der Waals surface area contributed by atoms with E-state index in [0.29, 0.717) is 29.1 Å². The molecule has 1 amide bonds. The summed E-state index contributed by atoms with van der Waals surface area (Å²) in [4.78, 5) is 32.7. The second-order valence-corrected chi connectivity index (χ2v) is 11.2. The molecule has 0 aliphatic rings. The third kappa shape index (κ3) is 6.42. The highest BCUT2D eigenvalue weighted by Gasteiger charge is 2.45. The van der Waals surface area contributed by atoms with E-state index in [4.69, 9.17) is 0 Å². The van der Waals surface area contributed by atoms with Gasteiger partial charge in [-0.2, -0.15) is 5.10 Å². The van der Waals surface area contributed by atoms with Crippen LogP contribution in [0.2, 0.25) is 0 Å². The van der Waals surface area contributed by atoms with Crippen LogP contribution in [0.5, 0.6) is 0 Å². The monoisotopic (exact) mass is 547 g/mol. The number of carbonyl (C=O) groups excluding carboxylic acids is 1. The molecular weight excluding hydrogens is 516 g/mol. The van der Waals surface area contributed by atoms with Crippen molar-refractivity contribution in [3.05, 3.63) is 114 Å². The lowest BCUT2D eigenvalue weighted by Crippen LogP contribution is -2.24. The number of aromatic nitrogens is 2. The van der Waals surface area contributed by atoms with Crippen molar-refractivity contribution in [2.45, 2.75) is 38.4 Å². The van der Waals surface area contributed by atoms with E-state index in [1.807, 2.05) is 36.5 Å². The van der Waals surface area contributed by atoms with E-state index in [9.17, 15) is 23.5 Å². The molecule has 0 atom stereocenters. The highest BCUT2D eigenvalue weighted by Crippen LogP contribution is 2.60. The standard InChI is InChI=1S/C30H31FN3O4P/c1-3-30(4-2,39(36,37)38)25-13-17-27(18-14-25)32-28(35)19-12-24-21-34(20-22-8-6-5-7-9-22)33-29(24)23-10-15-26(31)16-11-23/h5-19,21H,3-4,20H2,1-2H3,(H,32,35)(H2,36,37,38)/b19-12+. The summed E-state index contributed by atoms with van der Waals surface area (Å²) in [5.74, 6) is -0.725. The van der Waals surface area contributed by atoms with Crippen molar-refractivity contribution >= 4 is 25.3 Å². The van der Waals surface area contributed by atoms with E-state index in [1.54, 1.807) is 61.0 Å². The normalized spacial score (nSPS) is 12.1.